The van der Waals surface area contributed by atoms with Crippen molar-refractivity contribution >= 4 is 41.5 Å². The third-order valence-electron chi connectivity index (χ3n) is 5.12. The summed E-state index contributed by atoms with van der Waals surface area (Å²) in [6.45, 7) is 14.1. The highest BCUT2D eigenvalue weighted by Gasteiger charge is 2.14. The highest BCUT2D eigenvalue weighted by atomic mass is 127. The van der Waals surface area contributed by atoms with Crippen LogP contribution >= 0.6 is 35.6 Å². The van der Waals surface area contributed by atoms with Gasteiger partial charge >= 0.3 is 0 Å². The average molecular weight is 522 g/mol. The molecule has 0 unspecified atom stereocenters. The molecule has 160 valence electrons. The number of halogens is 2. The van der Waals surface area contributed by atoms with E-state index in [1.165, 1.54) is 45.7 Å². The molecule has 1 N–H and O–H groups in total. The number of piperazine rings is 1. The predicted octanol–water partition coefficient (Wildman–Crippen LogP) is 3.77. The molecule has 28 heavy (non-hydrogen) atoms. The number of aliphatic imine (C=N–C) groups is 1. The summed E-state index contributed by atoms with van der Waals surface area (Å²) in [6, 6.07) is 8.00. The second kappa shape index (κ2) is 14.4. The molecule has 0 atom stereocenters. The topological polar surface area (TPSA) is 34.1 Å². The second-order valence-corrected chi connectivity index (χ2v) is 7.57. The van der Waals surface area contributed by atoms with E-state index in [0.717, 1.165) is 42.6 Å². The van der Waals surface area contributed by atoms with Gasteiger partial charge in [0.1, 0.15) is 0 Å². The normalized spacial score (nSPS) is 15.9. The van der Waals surface area contributed by atoms with Crippen LogP contribution in [0.5, 0.6) is 0 Å². The lowest BCUT2D eigenvalue weighted by Gasteiger charge is -2.33. The van der Waals surface area contributed by atoms with Gasteiger partial charge in [-0.05, 0) is 44.5 Å². The van der Waals surface area contributed by atoms with Crippen molar-refractivity contribution in [2.24, 2.45) is 4.99 Å². The SMILES string of the molecule is CCNC(=NCCCCN1CCN(CC)CC1)N(C)Cc1ccccc1Cl.I. The van der Waals surface area contributed by atoms with Crippen molar-refractivity contribution in [3.8, 4) is 0 Å². The summed E-state index contributed by atoms with van der Waals surface area (Å²) in [6.07, 6.45) is 2.34. The summed E-state index contributed by atoms with van der Waals surface area (Å²) in [5, 5.41) is 4.20. The Bertz CT molecular complexity index is 576. The van der Waals surface area contributed by atoms with Crippen LogP contribution in [0, 0.1) is 0 Å². The number of guanidine groups is 1. The van der Waals surface area contributed by atoms with Crippen LogP contribution in [-0.4, -0.2) is 80.1 Å². The Hall–Kier alpha value is -0.570. The van der Waals surface area contributed by atoms with Gasteiger partial charge in [0, 0.05) is 57.9 Å². The molecule has 2 rings (SSSR count). The van der Waals surface area contributed by atoms with Crippen molar-refractivity contribution in [1.29, 1.82) is 0 Å². The van der Waals surface area contributed by atoms with E-state index >= 15 is 0 Å². The second-order valence-electron chi connectivity index (χ2n) is 7.17. The Kier molecular flexibility index (Phi) is 13.1. The fraction of sp³-hybridized carbons (Fsp3) is 0.667. The molecule has 7 heteroatoms. The molecule has 1 saturated heterocycles. The van der Waals surface area contributed by atoms with E-state index in [2.05, 4.69) is 47.0 Å². The summed E-state index contributed by atoms with van der Waals surface area (Å²) in [7, 11) is 2.07. The van der Waals surface area contributed by atoms with E-state index in [1.807, 2.05) is 18.2 Å². The summed E-state index contributed by atoms with van der Waals surface area (Å²) in [5.74, 6) is 0.953. The van der Waals surface area contributed by atoms with E-state index in [9.17, 15) is 0 Å². The number of hydrogen-bond donors (Lipinski definition) is 1. The van der Waals surface area contributed by atoms with Crippen LogP contribution in [0.25, 0.3) is 0 Å². The van der Waals surface area contributed by atoms with Gasteiger partial charge in [-0.3, -0.25) is 4.99 Å². The van der Waals surface area contributed by atoms with Gasteiger partial charge in [0.25, 0.3) is 0 Å². The van der Waals surface area contributed by atoms with Gasteiger partial charge in [0.15, 0.2) is 5.96 Å². The van der Waals surface area contributed by atoms with Crippen LogP contribution in [0.3, 0.4) is 0 Å². The van der Waals surface area contributed by atoms with Crippen LogP contribution in [0.15, 0.2) is 29.3 Å². The number of nitrogens with zero attached hydrogens (tertiary/aromatic N) is 4. The van der Waals surface area contributed by atoms with Gasteiger partial charge in [-0.2, -0.15) is 0 Å². The maximum atomic E-state index is 6.29. The quantitative estimate of drug-likeness (QED) is 0.232. The molecule has 0 bridgehead atoms. The lowest BCUT2D eigenvalue weighted by Crippen LogP contribution is -2.46. The van der Waals surface area contributed by atoms with Gasteiger partial charge < -0.3 is 20.0 Å². The first-order valence-corrected chi connectivity index (χ1v) is 10.7. The van der Waals surface area contributed by atoms with Crippen LogP contribution in [0.2, 0.25) is 5.02 Å². The number of unbranched alkanes of at least 4 members (excludes halogenated alkanes) is 1. The van der Waals surface area contributed by atoms with Crippen LogP contribution < -0.4 is 5.32 Å². The van der Waals surface area contributed by atoms with Crippen LogP contribution in [0.1, 0.15) is 32.3 Å². The molecule has 1 fully saturated rings. The average Bonchev–Trinajstić information content (AvgIpc) is 2.69. The monoisotopic (exact) mass is 521 g/mol. The summed E-state index contributed by atoms with van der Waals surface area (Å²) in [4.78, 5) is 12.1. The number of benzene rings is 1. The molecule has 0 aliphatic carbocycles. The standard InChI is InChI=1S/C21H36ClN5.HI/c1-4-23-21(25(3)18-19-10-6-7-11-20(19)22)24-12-8-9-13-27-16-14-26(5-2)15-17-27;/h6-7,10-11H,4-5,8-9,12-18H2,1-3H3,(H,23,24);1H. The highest BCUT2D eigenvalue weighted by molar-refractivity contribution is 14.0. The van der Waals surface area contributed by atoms with Crippen molar-refractivity contribution in [1.82, 2.24) is 20.0 Å². The third kappa shape index (κ3) is 8.84. The van der Waals surface area contributed by atoms with Crippen LogP contribution in [-0.2, 0) is 6.54 Å². The van der Waals surface area contributed by atoms with Gasteiger partial charge in [0.05, 0.1) is 0 Å². The fourth-order valence-electron chi connectivity index (χ4n) is 3.39. The van der Waals surface area contributed by atoms with E-state index in [-0.39, 0.29) is 24.0 Å². The minimum Gasteiger partial charge on any atom is -0.357 e. The van der Waals surface area contributed by atoms with Crippen molar-refractivity contribution < 1.29 is 0 Å². The van der Waals surface area contributed by atoms with Crippen LogP contribution in [0.4, 0.5) is 0 Å². The van der Waals surface area contributed by atoms with Crippen molar-refractivity contribution in [3.63, 3.8) is 0 Å². The first-order chi connectivity index (χ1) is 13.1. The Morgan fingerprint density at radius 2 is 1.79 bits per heavy atom. The maximum absolute atomic E-state index is 6.29. The first kappa shape index (κ1) is 25.5. The Morgan fingerprint density at radius 1 is 1.11 bits per heavy atom. The number of nitrogens with one attached hydrogen (secondary N) is 1. The van der Waals surface area contributed by atoms with Gasteiger partial charge in [-0.25, -0.2) is 0 Å². The molecule has 5 nitrogen and oxygen atoms in total. The molecule has 1 aromatic carbocycles. The predicted molar refractivity (Wildman–Crippen MR) is 132 cm³/mol. The van der Waals surface area contributed by atoms with Crippen molar-refractivity contribution in [2.75, 3.05) is 59.4 Å². The molecule has 1 heterocycles. The first-order valence-electron chi connectivity index (χ1n) is 10.3. The Morgan fingerprint density at radius 3 is 2.43 bits per heavy atom. The number of likely N-dealkylation sites (N-methyl/N-ethyl adjacent to an activating group) is 1. The molecule has 1 aliphatic rings. The minimum absolute atomic E-state index is 0. The zero-order valence-electron chi connectivity index (χ0n) is 17.7. The number of hydrogen-bond acceptors (Lipinski definition) is 3. The smallest absolute Gasteiger partial charge is 0.193 e. The maximum Gasteiger partial charge on any atom is 0.193 e. The lowest BCUT2D eigenvalue weighted by atomic mass is 10.2. The van der Waals surface area contributed by atoms with Gasteiger partial charge in [-0.15, -0.1) is 24.0 Å². The zero-order chi connectivity index (χ0) is 19.5. The molecule has 0 amide bonds. The molecule has 1 aromatic rings. The van der Waals surface area contributed by atoms with E-state index in [0.29, 0.717) is 0 Å². The third-order valence-corrected chi connectivity index (χ3v) is 5.49. The molecular weight excluding hydrogens is 485 g/mol. The molecular formula is C21H37ClIN5. The summed E-state index contributed by atoms with van der Waals surface area (Å²) in [5.41, 5.74) is 1.12. The van der Waals surface area contributed by atoms with Crippen molar-refractivity contribution in [2.45, 2.75) is 33.2 Å². The molecule has 1 aliphatic heterocycles. The number of rotatable bonds is 9. The van der Waals surface area contributed by atoms with Gasteiger partial charge in [-0.1, -0.05) is 36.7 Å². The lowest BCUT2D eigenvalue weighted by molar-refractivity contribution is 0.136. The summed E-state index contributed by atoms with van der Waals surface area (Å²) < 4.78 is 0. The minimum atomic E-state index is 0. The molecule has 0 radical (unpaired) electrons. The highest BCUT2D eigenvalue weighted by Crippen LogP contribution is 2.16. The Labute approximate surface area is 193 Å². The van der Waals surface area contributed by atoms with E-state index < -0.39 is 0 Å². The van der Waals surface area contributed by atoms with E-state index in [1.54, 1.807) is 0 Å². The fourth-order valence-corrected chi connectivity index (χ4v) is 3.58. The Balaban J connectivity index is 0.00000392. The van der Waals surface area contributed by atoms with E-state index in [4.69, 9.17) is 16.6 Å². The molecule has 0 aromatic heterocycles. The summed E-state index contributed by atoms with van der Waals surface area (Å²) >= 11 is 6.29. The zero-order valence-corrected chi connectivity index (χ0v) is 20.7. The molecule has 0 spiro atoms. The van der Waals surface area contributed by atoms with Gasteiger partial charge in [0.2, 0.25) is 0 Å². The van der Waals surface area contributed by atoms with Crippen molar-refractivity contribution in [3.05, 3.63) is 34.9 Å². The largest absolute Gasteiger partial charge is 0.357 e. The molecule has 0 saturated carbocycles.